The Bertz CT molecular complexity index is 577. The third-order valence-corrected chi connectivity index (χ3v) is 4.93. The zero-order chi connectivity index (χ0) is 14.0. The largest absolute Gasteiger partial charge is 0.361 e. The molecule has 2 aromatic rings. The summed E-state index contributed by atoms with van der Waals surface area (Å²) < 4.78 is 7.86. The fraction of sp³-hybridized carbons (Fsp3) is 0.538. The lowest BCUT2D eigenvalue weighted by Gasteiger charge is -2.16. The molecule has 2 heterocycles. The van der Waals surface area contributed by atoms with Crippen LogP contribution < -0.4 is 0 Å². The molecule has 2 rings (SSSR count). The van der Waals surface area contributed by atoms with Gasteiger partial charge in [-0.2, -0.15) is 0 Å². The lowest BCUT2D eigenvalue weighted by molar-refractivity contribution is 0.0890. The Labute approximate surface area is 119 Å². The standard InChI is InChI=1S/C13H20ClN3OSi/c1-10-7-11-12(8-15-13(14)16-11)17(10)9-18-5-6-19(2,3)4/h7-8H,5-6,9H2,1-4H3. The molecule has 0 radical (unpaired) electrons. The topological polar surface area (TPSA) is 39.9 Å². The Hall–Kier alpha value is -0.913. The van der Waals surface area contributed by atoms with Crippen LogP contribution in [0.2, 0.25) is 31.0 Å². The Morgan fingerprint density at radius 3 is 2.79 bits per heavy atom. The summed E-state index contributed by atoms with van der Waals surface area (Å²) in [6.45, 7) is 10.4. The first-order valence-corrected chi connectivity index (χ1v) is 10.5. The van der Waals surface area contributed by atoms with Gasteiger partial charge < -0.3 is 9.30 Å². The summed E-state index contributed by atoms with van der Waals surface area (Å²) in [5.74, 6) is 0. The SMILES string of the molecule is Cc1cc2nc(Cl)ncc2n1COCC[Si](C)(C)C. The van der Waals surface area contributed by atoms with Gasteiger partial charge in [0, 0.05) is 20.4 Å². The monoisotopic (exact) mass is 297 g/mol. The predicted octanol–water partition coefficient (Wildman–Crippen LogP) is 3.71. The van der Waals surface area contributed by atoms with Crippen molar-refractivity contribution >= 4 is 30.7 Å². The van der Waals surface area contributed by atoms with Crippen LogP contribution in [-0.2, 0) is 11.5 Å². The van der Waals surface area contributed by atoms with Crippen LogP contribution in [0.15, 0.2) is 12.3 Å². The van der Waals surface area contributed by atoms with E-state index in [2.05, 4.69) is 34.2 Å². The molecule has 6 heteroatoms. The molecule has 0 spiro atoms. The van der Waals surface area contributed by atoms with Gasteiger partial charge in [-0.3, -0.25) is 0 Å². The molecular weight excluding hydrogens is 278 g/mol. The van der Waals surface area contributed by atoms with Gasteiger partial charge in [-0.1, -0.05) is 19.6 Å². The third kappa shape index (κ3) is 3.78. The summed E-state index contributed by atoms with van der Waals surface area (Å²) in [5, 5.41) is 0.282. The molecule has 0 saturated heterocycles. The number of fused-ring (bicyclic) bond motifs is 1. The second kappa shape index (κ2) is 5.61. The lowest BCUT2D eigenvalue weighted by atomic mass is 10.4. The van der Waals surface area contributed by atoms with Gasteiger partial charge in [-0.25, -0.2) is 9.97 Å². The first kappa shape index (κ1) is 14.5. The summed E-state index contributed by atoms with van der Waals surface area (Å²) in [6, 6.07) is 3.18. The molecule has 19 heavy (non-hydrogen) atoms. The Morgan fingerprint density at radius 2 is 2.11 bits per heavy atom. The summed E-state index contributed by atoms with van der Waals surface area (Å²) in [5.41, 5.74) is 2.95. The number of aromatic nitrogens is 3. The van der Waals surface area contributed by atoms with E-state index in [1.807, 2.05) is 13.0 Å². The average molecular weight is 298 g/mol. The number of hydrogen-bond acceptors (Lipinski definition) is 3. The van der Waals surface area contributed by atoms with Crippen LogP contribution in [-0.4, -0.2) is 29.2 Å². The number of ether oxygens (including phenoxy) is 1. The van der Waals surface area contributed by atoms with Crippen LogP contribution in [0.3, 0.4) is 0 Å². The molecule has 0 N–H and O–H groups in total. The van der Waals surface area contributed by atoms with Crippen molar-refractivity contribution in [1.82, 2.24) is 14.5 Å². The van der Waals surface area contributed by atoms with Gasteiger partial charge in [-0.15, -0.1) is 0 Å². The van der Waals surface area contributed by atoms with Crippen LogP contribution >= 0.6 is 11.6 Å². The minimum absolute atomic E-state index is 0.282. The van der Waals surface area contributed by atoms with Crippen molar-refractivity contribution in [3.8, 4) is 0 Å². The van der Waals surface area contributed by atoms with Gasteiger partial charge in [0.25, 0.3) is 0 Å². The number of aryl methyl sites for hydroxylation is 1. The van der Waals surface area contributed by atoms with Crippen LogP contribution in [0.1, 0.15) is 5.69 Å². The van der Waals surface area contributed by atoms with E-state index in [4.69, 9.17) is 16.3 Å². The van der Waals surface area contributed by atoms with Crippen LogP contribution in [0.25, 0.3) is 11.0 Å². The molecule has 2 aromatic heterocycles. The summed E-state index contributed by atoms with van der Waals surface area (Å²) >= 11 is 5.80. The molecule has 0 aromatic carbocycles. The maximum absolute atomic E-state index is 5.80. The second-order valence-electron chi connectivity index (χ2n) is 5.97. The van der Waals surface area contributed by atoms with E-state index in [0.717, 1.165) is 23.3 Å². The van der Waals surface area contributed by atoms with Gasteiger partial charge in [0.05, 0.1) is 17.2 Å². The lowest BCUT2D eigenvalue weighted by Crippen LogP contribution is -2.22. The molecule has 0 bridgehead atoms. The van der Waals surface area contributed by atoms with E-state index < -0.39 is 8.07 Å². The summed E-state index contributed by atoms with van der Waals surface area (Å²) in [7, 11) is -1.03. The van der Waals surface area contributed by atoms with Crippen molar-refractivity contribution in [1.29, 1.82) is 0 Å². The Balaban J connectivity index is 2.06. The Morgan fingerprint density at radius 1 is 1.37 bits per heavy atom. The molecule has 104 valence electrons. The van der Waals surface area contributed by atoms with E-state index in [0.29, 0.717) is 6.73 Å². The van der Waals surface area contributed by atoms with Crippen molar-refractivity contribution in [2.75, 3.05) is 6.61 Å². The highest BCUT2D eigenvalue weighted by Gasteiger charge is 2.13. The van der Waals surface area contributed by atoms with Crippen LogP contribution in [0.5, 0.6) is 0 Å². The zero-order valence-electron chi connectivity index (χ0n) is 11.9. The highest BCUT2D eigenvalue weighted by molar-refractivity contribution is 6.76. The molecule has 0 fully saturated rings. The number of rotatable bonds is 5. The van der Waals surface area contributed by atoms with Gasteiger partial charge in [-0.05, 0) is 30.6 Å². The maximum atomic E-state index is 5.80. The third-order valence-electron chi connectivity index (χ3n) is 3.05. The normalized spacial score (nSPS) is 12.3. The van der Waals surface area contributed by atoms with Gasteiger partial charge in [0.1, 0.15) is 6.73 Å². The highest BCUT2D eigenvalue weighted by Crippen LogP contribution is 2.18. The van der Waals surface area contributed by atoms with Gasteiger partial charge >= 0.3 is 0 Å². The molecule has 0 unspecified atom stereocenters. The van der Waals surface area contributed by atoms with Crippen molar-refractivity contribution in [2.45, 2.75) is 39.3 Å². The summed E-state index contributed by atoms with van der Waals surface area (Å²) in [6.07, 6.45) is 1.75. The fourth-order valence-electron chi connectivity index (χ4n) is 1.85. The predicted molar refractivity (Wildman–Crippen MR) is 81.4 cm³/mol. The number of nitrogens with zero attached hydrogens (tertiary/aromatic N) is 3. The molecule has 0 amide bonds. The van der Waals surface area contributed by atoms with Gasteiger partial charge in [0.15, 0.2) is 0 Å². The molecule has 4 nitrogen and oxygen atoms in total. The Kier molecular flexibility index (Phi) is 4.28. The second-order valence-corrected chi connectivity index (χ2v) is 11.9. The van der Waals surface area contributed by atoms with E-state index in [9.17, 15) is 0 Å². The minimum Gasteiger partial charge on any atom is -0.361 e. The number of halogens is 1. The molecule has 0 aliphatic rings. The molecule has 0 aliphatic heterocycles. The minimum atomic E-state index is -1.03. The first-order valence-electron chi connectivity index (χ1n) is 6.43. The fourth-order valence-corrected chi connectivity index (χ4v) is 2.75. The van der Waals surface area contributed by atoms with E-state index in [-0.39, 0.29) is 5.28 Å². The van der Waals surface area contributed by atoms with E-state index in [1.54, 1.807) is 6.20 Å². The van der Waals surface area contributed by atoms with Crippen LogP contribution in [0.4, 0.5) is 0 Å². The van der Waals surface area contributed by atoms with Crippen LogP contribution in [0, 0.1) is 6.92 Å². The maximum Gasteiger partial charge on any atom is 0.223 e. The van der Waals surface area contributed by atoms with E-state index >= 15 is 0 Å². The average Bonchev–Trinajstić information content (AvgIpc) is 2.58. The van der Waals surface area contributed by atoms with Crippen molar-refractivity contribution in [3.63, 3.8) is 0 Å². The smallest absolute Gasteiger partial charge is 0.223 e. The highest BCUT2D eigenvalue weighted by atomic mass is 35.5. The molecule has 0 aliphatic carbocycles. The molecule has 0 saturated carbocycles. The van der Waals surface area contributed by atoms with Gasteiger partial charge in [0.2, 0.25) is 5.28 Å². The molecular formula is C13H20ClN3OSi. The van der Waals surface area contributed by atoms with Crippen molar-refractivity contribution in [2.24, 2.45) is 0 Å². The molecule has 0 atom stereocenters. The zero-order valence-corrected chi connectivity index (χ0v) is 13.7. The van der Waals surface area contributed by atoms with Crippen molar-refractivity contribution < 1.29 is 4.74 Å². The first-order chi connectivity index (χ1) is 8.87. The van der Waals surface area contributed by atoms with Crippen molar-refractivity contribution in [3.05, 3.63) is 23.2 Å². The quantitative estimate of drug-likeness (QED) is 0.480. The summed E-state index contributed by atoms with van der Waals surface area (Å²) in [4.78, 5) is 8.24. The van der Waals surface area contributed by atoms with E-state index in [1.165, 1.54) is 6.04 Å². The number of hydrogen-bond donors (Lipinski definition) is 0.